The van der Waals surface area contributed by atoms with Crippen molar-refractivity contribution in [2.75, 3.05) is 32.7 Å². The summed E-state index contributed by atoms with van der Waals surface area (Å²) in [4.78, 5) is 24.7. The van der Waals surface area contributed by atoms with Crippen LogP contribution in [0.5, 0.6) is 0 Å². The van der Waals surface area contributed by atoms with Gasteiger partial charge >= 0.3 is 6.03 Å². The molecule has 0 aromatic rings. The highest BCUT2D eigenvalue weighted by atomic mass is 16.2. The molecule has 6 nitrogen and oxygen atoms in total. The van der Waals surface area contributed by atoms with Gasteiger partial charge in [-0.3, -0.25) is 15.0 Å². The van der Waals surface area contributed by atoms with Crippen LogP contribution in [0.3, 0.4) is 0 Å². The Bertz CT molecular complexity index is 257. The van der Waals surface area contributed by atoms with Gasteiger partial charge in [-0.25, -0.2) is 4.79 Å². The molecule has 1 heterocycles. The van der Waals surface area contributed by atoms with E-state index >= 15 is 0 Å². The van der Waals surface area contributed by atoms with Crippen molar-refractivity contribution in [3.8, 4) is 0 Å². The van der Waals surface area contributed by atoms with Crippen LogP contribution in [-0.4, -0.2) is 55.6 Å². The van der Waals surface area contributed by atoms with Crippen molar-refractivity contribution < 1.29 is 9.59 Å². The Balaban J connectivity index is 2.30. The third kappa shape index (κ3) is 4.16. The number of carbonyl (C=O) groups is 2. The molecule has 3 N–H and O–H groups in total. The molecular weight excluding hydrogens is 208 g/mol. The molecular formula is C10H20N4O2. The molecule has 0 aromatic carbocycles. The molecule has 1 aliphatic rings. The lowest BCUT2D eigenvalue weighted by Gasteiger charge is -2.33. The van der Waals surface area contributed by atoms with E-state index in [-0.39, 0.29) is 12.5 Å². The van der Waals surface area contributed by atoms with Gasteiger partial charge in [0.25, 0.3) is 0 Å². The highest BCUT2D eigenvalue weighted by Crippen LogP contribution is 2.00. The second-order valence-electron chi connectivity index (χ2n) is 3.93. The lowest BCUT2D eigenvalue weighted by Crippen LogP contribution is -2.53. The van der Waals surface area contributed by atoms with Gasteiger partial charge in [0.15, 0.2) is 0 Å². The molecule has 0 spiro atoms. The van der Waals surface area contributed by atoms with Crippen molar-refractivity contribution >= 4 is 11.9 Å². The molecule has 3 amide bonds. The van der Waals surface area contributed by atoms with Gasteiger partial charge in [-0.05, 0) is 13.8 Å². The first-order valence-corrected chi connectivity index (χ1v) is 5.66. The van der Waals surface area contributed by atoms with Crippen LogP contribution < -0.4 is 16.0 Å². The molecule has 0 unspecified atom stereocenters. The van der Waals surface area contributed by atoms with Gasteiger partial charge in [0.05, 0.1) is 6.54 Å². The summed E-state index contributed by atoms with van der Waals surface area (Å²) in [7, 11) is 0. The zero-order valence-corrected chi connectivity index (χ0v) is 9.88. The van der Waals surface area contributed by atoms with Crippen LogP contribution in [0, 0.1) is 0 Å². The predicted molar refractivity (Wildman–Crippen MR) is 61.1 cm³/mol. The smallest absolute Gasteiger partial charge is 0.321 e. The van der Waals surface area contributed by atoms with E-state index in [9.17, 15) is 9.59 Å². The number of rotatable bonds is 3. The van der Waals surface area contributed by atoms with E-state index in [1.807, 2.05) is 6.92 Å². The Morgan fingerprint density at radius 2 is 2.25 bits per heavy atom. The third-order valence-electron chi connectivity index (χ3n) is 2.58. The SMILES string of the molecule is CCNC(=O)NC(=O)CN1CCNC[C@H]1C. The second-order valence-corrected chi connectivity index (χ2v) is 3.93. The van der Waals surface area contributed by atoms with Crippen molar-refractivity contribution in [2.45, 2.75) is 19.9 Å². The number of piperazine rings is 1. The van der Waals surface area contributed by atoms with Gasteiger partial charge < -0.3 is 10.6 Å². The first-order valence-electron chi connectivity index (χ1n) is 5.66. The fraction of sp³-hybridized carbons (Fsp3) is 0.800. The van der Waals surface area contributed by atoms with E-state index in [1.54, 1.807) is 0 Å². The van der Waals surface area contributed by atoms with Crippen LogP contribution in [0.2, 0.25) is 0 Å². The number of carbonyl (C=O) groups excluding carboxylic acids is 2. The van der Waals surface area contributed by atoms with E-state index in [2.05, 4.69) is 27.8 Å². The Morgan fingerprint density at radius 3 is 2.88 bits per heavy atom. The monoisotopic (exact) mass is 228 g/mol. The lowest BCUT2D eigenvalue weighted by atomic mass is 10.2. The van der Waals surface area contributed by atoms with Crippen molar-refractivity contribution in [2.24, 2.45) is 0 Å². The molecule has 1 rings (SSSR count). The van der Waals surface area contributed by atoms with Gasteiger partial charge in [0.1, 0.15) is 0 Å². The van der Waals surface area contributed by atoms with Crippen molar-refractivity contribution in [3.63, 3.8) is 0 Å². The molecule has 1 atom stereocenters. The lowest BCUT2D eigenvalue weighted by molar-refractivity contribution is -0.121. The number of nitrogens with one attached hydrogen (secondary N) is 3. The molecule has 16 heavy (non-hydrogen) atoms. The zero-order valence-electron chi connectivity index (χ0n) is 9.88. The molecule has 0 saturated carbocycles. The summed E-state index contributed by atoms with van der Waals surface area (Å²) >= 11 is 0. The van der Waals surface area contributed by atoms with Gasteiger partial charge in [0, 0.05) is 32.2 Å². The largest absolute Gasteiger partial charge is 0.338 e. The number of nitrogens with zero attached hydrogens (tertiary/aromatic N) is 1. The highest BCUT2D eigenvalue weighted by molar-refractivity contribution is 5.95. The highest BCUT2D eigenvalue weighted by Gasteiger charge is 2.20. The van der Waals surface area contributed by atoms with E-state index in [4.69, 9.17) is 0 Å². The minimum Gasteiger partial charge on any atom is -0.338 e. The molecule has 92 valence electrons. The summed E-state index contributed by atoms with van der Waals surface area (Å²) in [6, 6.07) is -0.0935. The Morgan fingerprint density at radius 1 is 1.50 bits per heavy atom. The van der Waals surface area contributed by atoms with Crippen molar-refractivity contribution in [3.05, 3.63) is 0 Å². The van der Waals surface area contributed by atoms with Crippen LogP contribution in [-0.2, 0) is 4.79 Å². The van der Waals surface area contributed by atoms with Crippen molar-refractivity contribution in [1.82, 2.24) is 20.9 Å². The molecule has 1 aliphatic heterocycles. The molecule has 0 radical (unpaired) electrons. The van der Waals surface area contributed by atoms with Crippen LogP contribution in [0.25, 0.3) is 0 Å². The van der Waals surface area contributed by atoms with Crippen LogP contribution in [0.1, 0.15) is 13.8 Å². The summed E-state index contributed by atoms with van der Waals surface area (Å²) < 4.78 is 0. The topological polar surface area (TPSA) is 73.5 Å². The summed E-state index contributed by atoms with van der Waals surface area (Å²) in [5.41, 5.74) is 0. The maximum atomic E-state index is 11.5. The summed E-state index contributed by atoms with van der Waals surface area (Å²) in [6.07, 6.45) is 0. The summed E-state index contributed by atoms with van der Waals surface area (Å²) in [5.74, 6) is -0.250. The first kappa shape index (κ1) is 12.9. The Hall–Kier alpha value is -1.14. The van der Waals surface area contributed by atoms with Gasteiger partial charge in [-0.1, -0.05) is 0 Å². The van der Waals surface area contributed by atoms with E-state index in [0.29, 0.717) is 12.6 Å². The number of hydrogen-bond donors (Lipinski definition) is 3. The Kier molecular flexibility index (Phi) is 5.21. The maximum Gasteiger partial charge on any atom is 0.321 e. The molecule has 6 heteroatoms. The maximum absolute atomic E-state index is 11.5. The average Bonchev–Trinajstić information content (AvgIpc) is 2.21. The average molecular weight is 228 g/mol. The first-order chi connectivity index (χ1) is 7.63. The fourth-order valence-electron chi connectivity index (χ4n) is 1.67. The van der Waals surface area contributed by atoms with Crippen LogP contribution in [0.4, 0.5) is 4.79 Å². The number of amides is 3. The molecule has 0 aliphatic carbocycles. The van der Waals surface area contributed by atoms with Crippen LogP contribution >= 0.6 is 0 Å². The number of urea groups is 1. The Labute approximate surface area is 95.8 Å². The quantitative estimate of drug-likeness (QED) is 0.587. The second kappa shape index (κ2) is 6.44. The van der Waals surface area contributed by atoms with E-state index in [0.717, 1.165) is 19.6 Å². The minimum absolute atomic E-state index is 0.250. The van der Waals surface area contributed by atoms with E-state index < -0.39 is 6.03 Å². The summed E-state index contributed by atoms with van der Waals surface area (Å²) in [5, 5.41) is 8.07. The molecule has 0 aromatic heterocycles. The van der Waals surface area contributed by atoms with Crippen molar-refractivity contribution in [1.29, 1.82) is 0 Å². The van der Waals surface area contributed by atoms with Crippen LogP contribution in [0.15, 0.2) is 0 Å². The molecule has 0 bridgehead atoms. The minimum atomic E-state index is -0.421. The van der Waals surface area contributed by atoms with Gasteiger partial charge in [0.2, 0.25) is 5.91 Å². The fourth-order valence-corrected chi connectivity index (χ4v) is 1.67. The normalized spacial score (nSPS) is 21.5. The standard InChI is InChI=1S/C10H20N4O2/c1-3-12-10(16)13-9(15)7-14-5-4-11-6-8(14)2/h8,11H,3-7H2,1-2H3,(H2,12,13,15,16)/t8-/m1/s1. The third-order valence-corrected chi connectivity index (χ3v) is 2.58. The number of imide groups is 1. The van der Waals surface area contributed by atoms with Gasteiger partial charge in [-0.15, -0.1) is 0 Å². The van der Waals surface area contributed by atoms with E-state index in [1.165, 1.54) is 0 Å². The molecule has 1 fully saturated rings. The zero-order chi connectivity index (χ0) is 12.0. The van der Waals surface area contributed by atoms with Gasteiger partial charge in [-0.2, -0.15) is 0 Å². The number of hydrogen-bond acceptors (Lipinski definition) is 4. The predicted octanol–water partition coefficient (Wildman–Crippen LogP) is -0.874. The summed E-state index contributed by atoms with van der Waals surface area (Å²) in [6.45, 7) is 7.27. The molecule has 1 saturated heterocycles.